The molecule has 0 aliphatic carbocycles. The number of carbonyl (C=O) groups excluding carboxylic acids is 1. The van der Waals surface area contributed by atoms with Crippen molar-refractivity contribution in [3.05, 3.63) is 71.1 Å². The summed E-state index contributed by atoms with van der Waals surface area (Å²) in [7, 11) is 0. The number of carbonyl (C=O) groups is 1. The number of piperidine rings is 1. The SMILES string of the molecule is Cc1cc(N2CCC(C(=O)Nc3ccccn3)CC2)n2nc(C)c(-c3ccc(Cl)cc3)c2n1. The Hall–Kier alpha value is -3.45. The van der Waals surface area contributed by atoms with Gasteiger partial charge in [0.25, 0.3) is 0 Å². The van der Waals surface area contributed by atoms with Crippen LogP contribution < -0.4 is 10.2 Å². The lowest BCUT2D eigenvalue weighted by atomic mass is 9.96. The Balaban J connectivity index is 1.39. The van der Waals surface area contributed by atoms with Crippen molar-refractivity contribution in [3.8, 4) is 11.1 Å². The molecule has 4 heterocycles. The number of nitrogens with one attached hydrogen (secondary N) is 1. The van der Waals surface area contributed by atoms with E-state index >= 15 is 0 Å². The van der Waals surface area contributed by atoms with E-state index in [0.29, 0.717) is 10.8 Å². The highest BCUT2D eigenvalue weighted by Crippen LogP contribution is 2.32. The fourth-order valence-electron chi connectivity index (χ4n) is 4.44. The van der Waals surface area contributed by atoms with Gasteiger partial charge in [-0.1, -0.05) is 29.8 Å². The molecule has 0 unspecified atom stereocenters. The Morgan fingerprint density at radius 3 is 2.55 bits per heavy atom. The summed E-state index contributed by atoms with van der Waals surface area (Å²) >= 11 is 6.09. The molecule has 0 spiro atoms. The Morgan fingerprint density at radius 2 is 1.85 bits per heavy atom. The summed E-state index contributed by atoms with van der Waals surface area (Å²) in [6.45, 7) is 5.55. The molecule has 5 rings (SSSR count). The van der Waals surface area contributed by atoms with Crippen molar-refractivity contribution < 1.29 is 4.79 Å². The Labute approximate surface area is 197 Å². The van der Waals surface area contributed by atoms with Crippen LogP contribution in [0.2, 0.25) is 5.02 Å². The second kappa shape index (κ2) is 8.83. The number of hydrogen-bond acceptors (Lipinski definition) is 5. The summed E-state index contributed by atoms with van der Waals surface area (Å²) in [6, 6.07) is 15.4. The smallest absolute Gasteiger partial charge is 0.228 e. The molecule has 7 nitrogen and oxygen atoms in total. The summed E-state index contributed by atoms with van der Waals surface area (Å²) in [5.41, 5.74) is 4.74. The predicted octanol–water partition coefficient (Wildman–Crippen LogP) is 4.92. The largest absolute Gasteiger partial charge is 0.356 e. The summed E-state index contributed by atoms with van der Waals surface area (Å²) < 4.78 is 1.93. The average Bonchev–Trinajstić information content (AvgIpc) is 3.15. The van der Waals surface area contributed by atoms with Gasteiger partial charge in [-0.05, 0) is 56.5 Å². The number of benzene rings is 1. The van der Waals surface area contributed by atoms with Crippen LogP contribution in [0.3, 0.4) is 0 Å². The first-order chi connectivity index (χ1) is 16.0. The van der Waals surface area contributed by atoms with Crippen molar-refractivity contribution in [3.63, 3.8) is 0 Å². The van der Waals surface area contributed by atoms with Gasteiger partial charge in [0.05, 0.1) is 5.69 Å². The van der Waals surface area contributed by atoms with Crippen LogP contribution in [0, 0.1) is 19.8 Å². The Morgan fingerprint density at radius 1 is 1.09 bits per heavy atom. The van der Waals surface area contributed by atoms with Crippen molar-refractivity contribution >= 4 is 34.8 Å². The van der Waals surface area contributed by atoms with Gasteiger partial charge in [0.1, 0.15) is 11.6 Å². The van der Waals surface area contributed by atoms with Gasteiger partial charge in [-0.2, -0.15) is 9.61 Å². The lowest BCUT2D eigenvalue weighted by molar-refractivity contribution is -0.120. The zero-order valence-electron chi connectivity index (χ0n) is 18.6. The maximum Gasteiger partial charge on any atom is 0.228 e. The molecular formula is C25H25ClN6O. The minimum Gasteiger partial charge on any atom is -0.356 e. The molecule has 1 aromatic carbocycles. The highest BCUT2D eigenvalue weighted by molar-refractivity contribution is 6.30. The van der Waals surface area contributed by atoms with Gasteiger partial charge in [0, 0.05) is 47.6 Å². The third kappa shape index (κ3) is 4.28. The number of pyridine rings is 1. The minimum atomic E-state index is -0.0364. The molecule has 168 valence electrons. The van der Waals surface area contributed by atoms with Gasteiger partial charge < -0.3 is 10.2 Å². The molecule has 1 aliphatic rings. The highest BCUT2D eigenvalue weighted by atomic mass is 35.5. The van der Waals surface area contributed by atoms with E-state index < -0.39 is 0 Å². The average molecular weight is 461 g/mol. The fourth-order valence-corrected chi connectivity index (χ4v) is 4.57. The first-order valence-corrected chi connectivity index (χ1v) is 11.5. The van der Waals surface area contributed by atoms with E-state index in [9.17, 15) is 4.79 Å². The first-order valence-electron chi connectivity index (χ1n) is 11.1. The molecule has 4 aromatic rings. The van der Waals surface area contributed by atoms with Crippen molar-refractivity contribution in [2.24, 2.45) is 5.92 Å². The van der Waals surface area contributed by atoms with Crippen LogP contribution in [0.5, 0.6) is 0 Å². The molecule has 0 radical (unpaired) electrons. The van der Waals surface area contributed by atoms with Gasteiger partial charge in [-0.15, -0.1) is 0 Å². The Kier molecular flexibility index (Phi) is 5.72. The number of nitrogens with zero attached hydrogens (tertiary/aromatic N) is 5. The van der Waals surface area contributed by atoms with E-state index in [0.717, 1.165) is 59.9 Å². The van der Waals surface area contributed by atoms with Crippen LogP contribution in [-0.4, -0.2) is 38.6 Å². The van der Waals surface area contributed by atoms with E-state index in [-0.39, 0.29) is 11.8 Å². The van der Waals surface area contributed by atoms with E-state index in [1.807, 2.05) is 60.8 Å². The van der Waals surface area contributed by atoms with Crippen LogP contribution in [0.15, 0.2) is 54.7 Å². The van der Waals surface area contributed by atoms with Crippen LogP contribution in [-0.2, 0) is 4.79 Å². The Bertz CT molecular complexity index is 1290. The van der Waals surface area contributed by atoms with Gasteiger partial charge in [0.2, 0.25) is 5.91 Å². The third-order valence-corrected chi connectivity index (χ3v) is 6.36. The van der Waals surface area contributed by atoms with Crippen LogP contribution in [0.4, 0.5) is 11.6 Å². The molecule has 8 heteroatoms. The van der Waals surface area contributed by atoms with Gasteiger partial charge in [-0.25, -0.2) is 9.97 Å². The molecule has 0 bridgehead atoms. The van der Waals surface area contributed by atoms with Crippen molar-refractivity contribution in [1.29, 1.82) is 0 Å². The number of hydrogen-bond donors (Lipinski definition) is 1. The lowest BCUT2D eigenvalue weighted by Crippen LogP contribution is -2.39. The second-order valence-corrected chi connectivity index (χ2v) is 8.86. The highest BCUT2D eigenvalue weighted by Gasteiger charge is 2.27. The molecule has 0 saturated carbocycles. The number of aromatic nitrogens is 4. The minimum absolute atomic E-state index is 0.0318. The number of fused-ring (bicyclic) bond motifs is 1. The first kappa shape index (κ1) is 21.4. The maximum atomic E-state index is 12.7. The number of rotatable bonds is 4. The van der Waals surface area contributed by atoms with Crippen molar-refractivity contribution in [2.75, 3.05) is 23.3 Å². The molecule has 1 N–H and O–H groups in total. The molecule has 1 fully saturated rings. The third-order valence-electron chi connectivity index (χ3n) is 6.11. The van der Waals surface area contributed by atoms with E-state index in [1.54, 1.807) is 6.20 Å². The summed E-state index contributed by atoms with van der Waals surface area (Å²) in [5.74, 6) is 1.59. The standard InChI is InChI=1S/C25H25ClN6O/c1-16-15-22(31-13-10-19(11-14-31)25(33)29-21-5-3-4-12-27-21)32-24(28-16)23(17(2)30-32)18-6-8-20(26)9-7-18/h3-9,12,15,19H,10-11,13-14H2,1-2H3,(H,27,29,33). The van der Waals surface area contributed by atoms with Gasteiger partial charge in [0.15, 0.2) is 5.65 Å². The second-order valence-electron chi connectivity index (χ2n) is 8.42. The topological polar surface area (TPSA) is 75.4 Å². The molecule has 1 saturated heterocycles. The molecular weight excluding hydrogens is 436 g/mol. The van der Waals surface area contributed by atoms with Crippen molar-refractivity contribution in [1.82, 2.24) is 19.6 Å². The summed E-state index contributed by atoms with van der Waals surface area (Å²) in [4.78, 5) is 24.0. The fraction of sp³-hybridized carbons (Fsp3) is 0.280. The van der Waals surface area contributed by atoms with Crippen LogP contribution in [0.1, 0.15) is 24.2 Å². The lowest BCUT2D eigenvalue weighted by Gasteiger charge is -2.33. The van der Waals surface area contributed by atoms with Gasteiger partial charge in [-0.3, -0.25) is 4.79 Å². The van der Waals surface area contributed by atoms with Crippen LogP contribution >= 0.6 is 11.6 Å². The number of halogens is 1. The molecule has 3 aromatic heterocycles. The number of aryl methyl sites for hydroxylation is 2. The van der Waals surface area contributed by atoms with E-state index in [2.05, 4.69) is 21.3 Å². The van der Waals surface area contributed by atoms with E-state index in [1.165, 1.54) is 0 Å². The monoisotopic (exact) mass is 460 g/mol. The zero-order chi connectivity index (χ0) is 22.9. The summed E-state index contributed by atoms with van der Waals surface area (Å²) in [5, 5.41) is 8.46. The zero-order valence-corrected chi connectivity index (χ0v) is 19.4. The number of amides is 1. The van der Waals surface area contributed by atoms with E-state index in [4.69, 9.17) is 21.7 Å². The molecule has 1 aliphatic heterocycles. The summed E-state index contributed by atoms with van der Waals surface area (Å²) in [6.07, 6.45) is 3.22. The maximum absolute atomic E-state index is 12.7. The molecule has 1 amide bonds. The predicted molar refractivity (Wildman–Crippen MR) is 131 cm³/mol. The quantitative estimate of drug-likeness (QED) is 0.468. The normalized spacial score (nSPS) is 14.6. The molecule has 33 heavy (non-hydrogen) atoms. The van der Waals surface area contributed by atoms with Crippen molar-refractivity contribution in [2.45, 2.75) is 26.7 Å². The molecule has 0 atom stereocenters. The van der Waals surface area contributed by atoms with Crippen LogP contribution in [0.25, 0.3) is 16.8 Å². The number of anilines is 2. The van der Waals surface area contributed by atoms with Gasteiger partial charge >= 0.3 is 0 Å².